The van der Waals surface area contributed by atoms with Gasteiger partial charge in [0, 0.05) is 19.2 Å². The summed E-state index contributed by atoms with van der Waals surface area (Å²) in [5, 5.41) is 16.2. The van der Waals surface area contributed by atoms with Crippen molar-refractivity contribution in [2.24, 2.45) is 18.9 Å². The summed E-state index contributed by atoms with van der Waals surface area (Å²) in [6, 6.07) is 0. The number of aliphatic carboxylic acids is 1. The smallest absolute Gasteiger partial charge is 0.306 e. The second-order valence-corrected chi connectivity index (χ2v) is 5.39. The van der Waals surface area contributed by atoms with Crippen LogP contribution in [0.1, 0.15) is 38.3 Å². The lowest BCUT2D eigenvalue weighted by Crippen LogP contribution is -2.29. The Morgan fingerprint density at radius 3 is 2.50 bits per heavy atom. The summed E-state index contributed by atoms with van der Waals surface area (Å²) in [5.74, 6) is -1.14. The highest BCUT2D eigenvalue weighted by molar-refractivity contribution is 5.93. The number of carbonyl (C=O) groups excluding carboxylic acids is 1. The Kier molecular flexibility index (Phi) is 4.42. The van der Waals surface area contributed by atoms with Crippen LogP contribution in [0.2, 0.25) is 0 Å². The molecule has 0 bridgehead atoms. The monoisotopic (exact) mass is 279 g/mol. The molecule has 1 aliphatic carbocycles. The highest BCUT2D eigenvalue weighted by Crippen LogP contribution is 2.30. The van der Waals surface area contributed by atoms with Crippen molar-refractivity contribution < 1.29 is 14.7 Å². The van der Waals surface area contributed by atoms with Gasteiger partial charge in [-0.3, -0.25) is 14.3 Å². The van der Waals surface area contributed by atoms with Crippen LogP contribution in [-0.4, -0.2) is 26.8 Å². The molecule has 1 saturated carbocycles. The second-order valence-electron chi connectivity index (χ2n) is 5.39. The number of hydrogen-bond acceptors (Lipinski definition) is 3. The normalized spacial score (nSPS) is 22.5. The zero-order chi connectivity index (χ0) is 14.7. The number of carboxylic acid groups (broad SMARTS) is 1. The van der Waals surface area contributed by atoms with E-state index < -0.39 is 5.97 Å². The number of aryl methyl sites for hydroxylation is 2. The Morgan fingerprint density at radius 1 is 1.35 bits per heavy atom. The number of anilines is 1. The molecule has 2 rings (SSSR count). The van der Waals surface area contributed by atoms with Crippen LogP contribution in [0, 0.1) is 11.8 Å². The molecular weight excluding hydrogens is 258 g/mol. The van der Waals surface area contributed by atoms with Crippen LogP contribution in [0.3, 0.4) is 0 Å². The minimum atomic E-state index is -0.746. The predicted molar refractivity (Wildman–Crippen MR) is 74.3 cm³/mol. The first kappa shape index (κ1) is 14.6. The van der Waals surface area contributed by atoms with Crippen molar-refractivity contribution in [3.05, 3.63) is 11.9 Å². The molecule has 1 heterocycles. The minimum absolute atomic E-state index is 0.0171. The van der Waals surface area contributed by atoms with Crippen molar-refractivity contribution in [1.82, 2.24) is 9.78 Å². The van der Waals surface area contributed by atoms with Gasteiger partial charge in [-0.15, -0.1) is 0 Å². The molecule has 1 aromatic rings. The van der Waals surface area contributed by atoms with Crippen LogP contribution < -0.4 is 5.32 Å². The average molecular weight is 279 g/mol. The van der Waals surface area contributed by atoms with Gasteiger partial charge in [-0.2, -0.15) is 5.10 Å². The first-order valence-corrected chi connectivity index (χ1v) is 7.07. The third kappa shape index (κ3) is 3.18. The number of carboxylic acids is 1. The third-order valence-electron chi connectivity index (χ3n) is 3.95. The Morgan fingerprint density at radius 2 is 1.95 bits per heavy atom. The van der Waals surface area contributed by atoms with Crippen LogP contribution in [0.15, 0.2) is 6.20 Å². The number of aromatic nitrogens is 2. The van der Waals surface area contributed by atoms with Crippen molar-refractivity contribution >= 4 is 17.6 Å². The summed E-state index contributed by atoms with van der Waals surface area (Å²) in [6.07, 6.45) is 5.03. The van der Waals surface area contributed by atoms with Crippen LogP contribution in [0.25, 0.3) is 0 Å². The highest BCUT2D eigenvalue weighted by Gasteiger charge is 2.30. The van der Waals surface area contributed by atoms with Crippen molar-refractivity contribution in [2.45, 2.75) is 39.0 Å². The summed E-state index contributed by atoms with van der Waals surface area (Å²) >= 11 is 0. The summed E-state index contributed by atoms with van der Waals surface area (Å²) in [7, 11) is 1.83. The molecule has 1 fully saturated rings. The summed E-state index contributed by atoms with van der Waals surface area (Å²) < 4.78 is 1.69. The van der Waals surface area contributed by atoms with Gasteiger partial charge in [0.15, 0.2) is 0 Å². The van der Waals surface area contributed by atoms with E-state index in [-0.39, 0.29) is 17.7 Å². The molecule has 1 amide bonds. The van der Waals surface area contributed by atoms with E-state index in [9.17, 15) is 9.59 Å². The number of nitrogens with one attached hydrogen (secondary N) is 1. The maximum atomic E-state index is 12.2. The predicted octanol–water partition coefficient (Wildman–Crippen LogP) is 1.81. The molecule has 0 unspecified atom stereocenters. The lowest BCUT2D eigenvalue weighted by molar-refractivity contribution is -0.143. The molecule has 110 valence electrons. The maximum Gasteiger partial charge on any atom is 0.306 e. The van der Waals surface area contributed by atoms with Crippen molar-refractivity contribution in [3.63, 3.8) is 0 Å². The number of amides is 1. The highest BCUT2D eigenvalue weighted by atomic mass is 16.4. The fourth-order valence-electron chi connectivity index (χ4n) is 2.74. The number of nitrogens with zero attached hydrogens (tertiary/aromatic N) is 2. The summed E-state index contributed by atoms with van der Waals surface area (Å²) in [5.41, 5.74) is 1.64. The lowest BCUT2D eigenvalue weighted by atomic mass is 9.81. The van der Waals surface area contributed by atoms with Crippen LogP contribution in [-0.2, 0) is 23.1 Å². The Bertz CT molecular complexity index is 502. The van der Waals surface area contributed by atoms with Gasteiger partial charge < -0.3 is 10.4 Å². The van der Waals surface area contributed by atoms with Gasteiger partial charge in [0.1, 0.15) is 0 Å². The molecule has 6 nitrogen and oxygen atoms in total. The topological polar surface area (TPSA) is 84.2 Å². The van der Waals surface area contributed by atoms with Gasteiger partial charge >= 0.3 is 5.97 Å². The summed E-state index contributed by atoms with van der Waals surface area (Å²) in [6.45, 7) is 2.00. The molecular formula is C14H21N3O3. The summed E-state index contributed by atoms with van der Waals surface area (Å²) in [4.78, 5) is 23.1. The van der Waals surface area contributed by atoms with Crippen molar-refractivity contribution in [2.75, 3.05) is 5.32 Å². The van der Waals surface area contributed by atoms with Crippen molar-refractivity contribution in [3.8, 4) is 0 Å². The van der Waals surface area contributed by atoms with Gasteiger partial charge in [-0.25, -0.2) is 0 Å². The molecule has 1 aliphatic rings. The van der Waals surface area contributed by atoms with Crippen LogP contribution in [0.5, 0.6) is 0 Å². The lowest BCUT2D eigenvalue weighted by Gasteiger charge is -2.25. The first-order chi connectivity index (χ1) is 9.51. The zero-order valence-corrected chi connectivity index (χ0v) is 11.9. The SMILES string of the molecule is CCc1nn(C)cc1NC(=O)C1CCC(C(=O)O)CC1. The van der Waals surface area contributed by atoms with Crippen LogP contribution in [0.4, 0.5) is 5.69 Å². The Hall–Kier alpha value is -1.85. The largest absolute Gasteiger partial charge is 0.481 e. The number of rotatable bonds is 4. The molecule has 0 spiro atoms. The Labute approximate surface area is 118 Å². The molecule has 0 radical (unpaired) electrons. The zero-order valence-electron chi connectivity index (χ0n) is 11.9. The average Bonchev–Trinajstić information content (AvgIpc) is 2.78. The standard InChI is InChI=1S/C14H21N3O3/c1-3-11-12(8-17(2)16-11)15-13(18)9-4-6-10(7-5-9)14(19)20/h8-10H,3-7H2,1-2H3,(H,15,18)(H,19,20). The second kappa shape index (κ2) is 6.07. The van der Waals surface area contributed by atoms with Gasteiger partial charge in [-0.1, -0.05) is 6.92 Å². The van der Waals surface area contributed by atoms with E-state index in [0.29, 0.717) is 25.7 Å². The van der Waals surface area contributed by atoms with E-state index in [1.54, 1.807) is 10.9 Å². The van der Waals surface area contributed by atoms with E-state index in [2.05, 4.69) is 10.4 Å². The van der Waals surface area contributed by atoms with E-state index in [4.69, 9.17) is 5.11 Å². The molecule has 0 aliphatic heterocycles. The molecule has 0 aromatic carbocycles. The quantitative estimate of drug-likeness (QED) is 0.880. The molecule has 0 saturated heterocycles. The maximum absolute atomic E-state index is 12.2. The van der Waals surface area contributed by atoms with E-state index in [1.807, 2.05) is 14.0 Å². The van der Waals surface area contributed by atoms with E-state index >= 15 is 0 Å². The number of hydrogen-bond donors (Lipinski definition) is 2. The number of carbonyl (C=O) groups is 2. The molecule has 20 heavy (non-hydrogen) atoms. The fourth-order valence-corrected chi connectivity index (χ4v) is 2.74. The Balaban J connectivity index is 1.94. The van der Waals surface area contributed by atoms with Gasteiger partial charge in [0.2, 0.25) is 5.91 Å². The molecule has 2 N–H and O–H groups in total. The van der Waals surface area contributed by atoms with Crippen LogP contribution >= 0.6 is 0 Å². The minimum Gasteiger partial charge on any atom is -0.481 e. The molecule has 0 atom stereocenters. The van der Waals surface area contributed by atoms with E-state index in [0.717, 1.165) is 17.8 Å². The third-order valence-corrected chi connectivity index (χ3v) is 3.95. The van der Waals surface area contributed by atoms with Crippen molar-refractivity contribution in [1.29, 1.82) is 0 Å². The fraction of sp³-hybridized carbons (Fsp3) is 0.643. The van der Waals surface area contributed by atoms with Gasteiger partial charge in [0.05, 0.1) is 17.3 Å². The molecule has 1 aromatic heterocycles. The van der Waals surface area contributed by atoms with Gasteiger partial charge in [-0.05, 0) is 32.1 Å². The van der Waals surface area contributed by atoms with E-state index in [1.165, 1.54) is 0 Å². The molecule has 6 heteroatoms. The first-order valence-electron chi connectivity index (χ1n) is 7.07. The van der Waals surface area contributed by atoms with Gasteiger partial charge in [0.25, 0.3) is 0 Å².